The topological polar surface area (TPSA) is 55.8 Å². The lowest BCUT2D eigenvalue weighted by Crippen LogP contribution is -1.87. The summed E-state index contributed by atoms with van der Waals surface area (Å²) in [6.07, 6.45) is 6.34. The number of allylic oxidation sites excluding steroid dienone is 2. The molecule has 2 aromatic rings. The summed E-state index contributed by atoms with van der Waals surface area (Å²) >= 11 is 3.40. The highest BCUT2D eigenvalue weighted by molar-refractivity contribution is 9.10. The van der Waals surface area contributed by atoms with Crippen LogP contribution in [-0.4, -0.2) is 25.1 Å². The van der Waals surface area contributed by atoms with Gasteiger partial charge in [0.1, 0.15) is 5.75 Å². The average molecular weight is 389 g/mol. The normalized spacial score (nSPS) is 11.1. The fourth-order valence-corrected chi connectivity index (χ4v) is 2.55. The molecule has 0 aliphatic heterocycles. The molecule has 0 saturated heterocycles. The fraction of sp³-hybridized carbons (Fsp3) is 0.105. The number of benzene rings is 2. The Bertz CT molecular complexity index is 794. The molecule has 0 bridgehead atoms. The van der Waals surface area contributed by atoms with Crippen molar-refractivity contribution < 1.29 is 19.4 Å². The van der Waals surface area contributed by atoms with E-state index in [2.05, 4.69) is 15.9 Å². The minimum Gasteiger partial charge on any atom is -0.504 e. The second-order valence-electron chi connectivity index (χ2n) is 4.89. The summed E-state index contributed by atoms with van der Waals surface area (Å²) in [5.41, 5.74) is 1.65. The van der Waals surface area contributed by atoms with Gasteiger partial charge in [-0.2, -0.15) is 0 Å². The van der Waals surface area contributed by atoms with Gasteiger partial charge in [0.15, 0.2) is 17.3 Å². The first kappa shape index (κ1) is 17.8. The Hall–Kier alpha value is -2.53. The molecule has 0 aliphatic carbocycles. The van der Waals surface area contributed by atoms with Gasteiger partial charge in [-0.05, 0) is 63.5 Å². The highest BCUT2D eigenvalue weighted by Gasteiger charge is 2.01. The largest absolute Gasteiger partial charge is 0.504 e. The molecule has 0 heterocycles. The number of rotatable bonds is 6. The van der Waals surface area contributed by atoms with Crippen molar-refractivity contribution >= 4 is 33.9 Å². The van der Waals surface area contributed by atoms with Crippen LogP contribution in [0.3, 0.4) is 0 Å². The third kappa shape index (κ3) is 4.73. The quantitative estimate of drug-likeness (QED) is 0.741. The average Bonchev–Trinajstić information content (AvgIpc) is 2.59. The minimum atomic E-state index is -0.144. The Morgan fingerprint density at radius 2 is 1.54 bits per heavy atom. The molecular formula is C19H17BrO4. The van der Waals surface area contributed by atoms with Gasteiger partial charge in [-0.15, -0.1) is 0 Å². The maximum atomic E-state index is 11.9. The third-order valence-corrected chi connectivity index (χ3v) is 3.88. The second-order valence-corrected chi connectivity index (χ2v) is 5.75. The SMILES string of the molecule is COc1cc(/C=C/C(=O)/C=C/c2ccc(OC)c(Br)c2)ccc1O. The zero-order valence-electron chi connectivity index (χ0n) is 13.3. The summed E-state index contributed by atoms with van der Waals surface area (Å²) in [7, 11) is 3.08. The predicted molar refractivity (Wildman–Crippen MR) is 98.4 cm³/mol. The number of phenols is 1. The lowest BCUT2D eigenvalue weighted by molar-refractivity contribution is -0.110. The Kier molecular flexibility index (Phi) is 6.21. The highest BCUT2D eigenvalue weighted by Crippen LogP contribution is 2.27. The number of hydrogen-bond donors (Lipinski definition) is 1. The first-order chi connectivity index (χ1) is 11.5. The summed E-state index contributed by atoms with van der Waals surface area (Å²) in [6.45, 7) is 0. The molecule has 0 aromatic heterocycles. The van der Waals surface area contributed by atoms with Gasteiger partial charge in [0.05, 0.1) is 18.7 Å². The lowest BCUT2D eigenvalue weighted by Gasteiger charge is -2.03. The van der Waals surface area contributed by atoms with Crippen LogP contribution < -0.4 is 9.47 Å². The van der Waals surface area contributed by atoms with Gasteiger partial charge in [-0.25, -0.2) is 0 Å². The van der Waals surface area contributed by atoms with Crippen molar-refractivity contribution in [2.24, 2.45) is 0 Å². The van der Waals surface area contributed by atoms with E-state index in [4.69, 9.17) is 9.47 Å². The summed E-state index contributed by atoms with van der Waals surface area (Å²) < 4.78 is 11.0. The summed E-state index contributed by atoms with van der Waals surface area (Å²) in [6, 6.07) is 10.4. The van der Waals surface area contributed by atoms with E-state index in [-0.39, 0.29) is 11.5 Å². The smallest absolute Gasteiger partial charge is 0.178 e. The molecule has 0 fully saturated rings. The molecule has 1 N–H and O–H groups in total. The number of phenolic OH excluding ortho intramolecular Hbond substituents is 1. The van der Waals surface area contributed by atoms with Crippen molar-refractivity contribution in [3.63, 3.8) is 0 Å². The van der Waals surface area contributed by atoms with Crippen LogP contribution in [0.2, 0.25) is 0 Å². The Morgan fingerprint density at radius 3 is 2.12 bits per heavy atom. The van der Waals surface area contributed by atoms with Gasteiger partial charge in [-0.3, -0.25) is 4.79 Å². The number of ether oxygens (including phenoxy) is 2. The van der Waals surface area contributed by atoms with Crippen LogP contribution in [0, 0.1) is 0 Å². The first-order valence-electron chi connectivity index (χ1n) is 7.14. The number of ketones is 1. The van der Waals surface area contributed by atoms with Crippen LogP contribution in [0.15, 0.2) is 53.0 Å². The standard InChI is InChI=1S/C19H17BrO4/c1-23-18-10-6-13(11-16(18)20)3-7-15(21)8-4-14-5-9-17(22)19(12-14)24-2/h3-12,22H,1-2H3/b7-3+,8-4+. The number of halogens is 1. The number of hydrogen-bond acceptors (Lipinski definition) is 4. The molecule has 0 atom stereocenters. The third-order valence-electron chi connectivity index (χ3n) is 3.26. The molecule has 5 heteroatoms. The van der Waals surface area contributed by atoms with E-state index in [1.807, 2.05) is 18.2 Å². The zero-order valence-corrected chi connectivity index (χ0v) is 14.9. The van der Waals surface area contributed by atoms with Gasteiger partial charge in [0.2, 0.25) is 0 Å². The van der Waals surface area contributed by atoms with E-state index >= 15 is 0 Å². The van der Waals surface area contributed by atoms with Gasteiger partial charge in [-0.1, -0.05) is 24.3 Å². The van der Waals surface area contributed by atoms with Gasteiger partial charge >= 0.3 is 0 Å². The lowest BCUT2D eigenvalue weighted by atomic mass is 10.1. The molecule has 0 aliphatic rings. The predicted octanol–water partition coefficient (Wildman–Crippen LogP) is 4.47. The van der Waals surface area contributed by atoms with E-state index < -0.39 is 0 Å². The van der Waals surface area contributed by atoms with Crippen molar-refractivity contribution in [1.29, 1.82) is 0 Å². The van der Waals surface area contributed by atoms with Crippen LogP contribution >= 0.6 is 15.9 Å². The van der Waals surface area contributed by atoms with Crippen LogP contribution in [0.5, 0.6) is 17.2 Å². The molecular weight excluding hydrogens is 372 g/mol. The van der Waals surface area contributed by atoms with Crippen molar-refractivity contribution in [1.82, 2.24) is 0 Å². The van der Waals surface area contributed by atoms with Gasteiger partial charge in [0, 0.05) is 0 Å². The maximum absolute atomic E-state index is 11.9. The molecule has 0 spiro atoms. The second kappa shape index (κ2) is 8.36. The van der Waals surface area contributed by atoms with Crippen LogP contribution in [0.25, 0.3) is 12.2 Å². The molecule has 0 amide bonds. The molecule has 0 unspecified atom stereocenters. The van der Waals surface area contributed by atoms with Gasteiger partial charge in [0.25, 0.3) is 0 Å². The molecule has 4 nitrogen and oxygen atoms in total. The van der Waals surface area contributed by atoms with E-state index in [0.717, 1.165) is 21.3 Å². The van der Waals surface area contributed by atoms with Crippen LogP contribution in [0.1, 0.15) is 11.1 Å². The number of aromatic hydroxyl groups is 1. The highest BCUT2D eigenvalue weighted by atomic mass is 79.9. The van der Waals surface area contributed by atoms with E-state index in [1.165, 1.54) is 25.3 Å². The van der Waals surface area contributed by atoms with E-state index in [0.29, 0.717) is 5.75 Å². The molecule has 0 radical (unpaired) electrons. The van der Waals surface area contributed by atoms with E-state index in [9.17, 15) is 9.90 Å². The Balaban J connectivity index is 2.06. The maximum Gasteiger partial charge on any atom is 0.178 e. The number of carbonyl (C=O) groups is 1. The Morgan fingerprint density at radius 1 is 0.958 bits per heavy atom. The molecule has 24 heavy (non-hydrogen) atoms. The molecule has 124 valence electrons. The minimum absolute atomic E-state index is 0.0611. The van der Waals surface area contributed by atoms with Crippen molar-refractivity contribution in [2.45, 2.75) is 0 Å². The van der Waals surface area contributed by atoms with Gasteiger partial charge < -0.3 is 14.6 Å². The summed E-state index contributed by atoms with van der Waals surface area (Å²) in [5.74, 6) is 1.02. The molecule has 2 aromatic carbocycles. The summed E-state index contributed by atoms with van der Waals surface area (Å²) in [5, 5.41) is 9.54. The zero-order chi connectivity index (χ0) is 17.5. The van der Waals surface area contributed by atoms with Crippen LogP contribution in [-0.2, 0) is 4.79 Å². The van der Waals surface area contributed by atoms with Crippen LogP contribution in [0.4, 0.5) is 0 Å². The first-order valence-corrected chi connectivity index (χ1v) is 7.93. The molecule has 2 rings (SSSR count). The molecule has 0 saturated carbocycles. The summed E-state index contributed by atoms with van der Waals surface area (Å²) in [4.78, 5) is 11.9. The number of methoxy groups -OCH3 is 2. The Labute approximate surface area is 149 Å². The fourth-order valence-electron chi connectivity index (χ4n) is 2.00. The van der Waals surface area contributed by atoms with Crippen molar-refractivity contribution in [3.8, 4) is 17.2 Å². The number of carbonyl (C=O) groups excluding carboxylic acids is 1. The monoisotopic (exact) mass is 388 g/mol. The van der Waals surface area contributed by atoms with Crippen molar-refractivity contribution in [3.05, 3.63) is 64.1 Å². The van der Waals surface area contributed by atoms with Crippen molar-refractivity contribution in [2.75, 3.05) is 14.2 Å². The van der Waals surface area contributed by atoms with E-state index in [1.54, 1.807) is 31.4 Å².